The summed E-state index contributed by atoms with van der Waals surface area (Å²) in [4.78, 5) is 10.4. The first-order valence-corrected chi connectivity index (χ1v) is 8.38. The second-order valence-electron chi connectivity index (χ2n) is 5.28. The minimum atomic E-state index is -3.88. The molecule has 2 N–H and O–H groups in total. The minimum Gasteiger partial charge on any atom is -0.379 e. The molecule has 0 saturated heterocycles. The number of hydrogen-bond acceptors (Lipinski definition) is 5. The van der Waals surface area contributed by atoms with Crippen molar-refractivity contribution in [1.82, 2.24) is 4.72 Å². The average molecular weight is 313 g/mol. The van der Waals surface area contributed by atoms with Crippen LogP contribution >= 0.6 is 0 Å². The summed E-state index contributed by atoms with van der Waals surface area (Å²) in [5.41, 5.74) is -0.166. The van der Waals surface area contributed by atoms with Gasteiger partial charge in [-0.25, -0.2) is 13.1 Å². The molecule has 2 atom stereocenters. The second-order valence-corrected chi connectivity index (χ2v) is 6.96. The van der Waals surface area contributed by atoms with Crippen LogP contribution in [0.5, 0.6) is 0 Å². The Hall–Kier alpha value is -1.67. The lowest BCUT2D eigenvalue weighted by molar-refractivity contribution is -0.386. The van der Waals surface area contributed by atoms with Crippen LogP contribution in [0.3, 0.4) is 0 Å². The fourth-order valence-electron chi connectivity index (χ4n) is 2.08. The standard InChI is InChI=1S/C13H19N3O4S/c1-3-7-14-10-5-4-6-12(13(10)16(17)18)21(19,20)15-11-8-9(11)2/h4-6,9,11,14-15H,3,7-8H2,1-2H3. The van der Waals surface area contributed by atoms with E-state index in [4.69, 9.17) is 0 Å². The number of rotatable bonds is 7. The number of benzene rings is 1. The zero-order chi connectivity index (χ0) is 15.6. The third-order valence-corrected chi connectivity index (χ3v) is 4.97. The SMILES string of the molecule is CCCNc1cccc(S(=O)(=O)NC2CC2C)c1[N+](=O)[O-]. The number of anilines is 1. The van der Waals surface area contributed by atoms with Gasteiger partial charge in [0.25, 0.3) is 0 Å². The van der Waals surface area contributed by atoms with E-state index in [2.05, 4.69) is 10.0 Å². The lowest BCUT2D eigenvalue weighted by Crippen LogP contribution is -2.27. The van der Waals surface area contributed by atoms with Crippen molar-refractivity contribution >= 4 is 21.4 Å². The molecule has 2 rings (SSSR count). The van der Waals surface area contributed by atoms with Crippen molar-refractivity contribution in [3.05, 3.63) is 28.3 Å². The largest absolute Gasteiger partial charge is 0.379 e. The molecule has 2 unspecified atom stereocenters. The quantitative estimate of drug-likeness (QED) is 0.593. The molecule has 0 aromatic heterocycles. The molecule has 0 bridgehead atoms. The van der Waals surface area contributed by atoms with Crippen molar-refractivity contribution in [2.75, 3.05) is 11.9 Å². The van der Waals surface area contributed by atoms with Crippen molar-refractivity contribution in [3.63, 3.8) is 0 Å². The number of nitro benzene ring substituents is 1. The van der Waals surface area contributed by atoms with Gasteiger partial charge in [-0.2, -0.15) is 0 Å². The first kappa shape index (κ1) is 15.7. The highest BCUT2D eigenvalue weighted by atomic mass is 32.2. The van der Waals surface area contributed by atoms with Gasteiger partial charge in [-0.15, -0.1) is 0 Å². The van der Waals surface area contributed by atoms with Gasteiger partial charge in [-0.05, 0) is 30.9 Å². The van der Waals surface area contributed by atoms with E-state index in [-0.39, 0.29) is 22.5 Å². The van der Waals surface area contributed by atoms with Crippen molar-refractivity contribution in [1.29, 1.82) is 0 Å². The Morgan fingerprint density at radius 3 is 2.62 bits per heavy atom. The number of nitrogens with one attached hydrogen (secondary N) is 2. The van der Waals surface area contributed by atoms with Gasteiger partial charge in [-0.1, -0.05) is 19.9 Å². The maximum absolute atomic E-state index is 12.3. The molecule has 1 aliphatic rings. The molecular formula is C13H19N3O4S. The van der Waals surface area contributed by atoms with Gasteiger partial charge in [-0.3, -0.25) is 10.1 Å². The van der Waals surface area contributed by atoms with E-state index in [1.807, 2.05) is 13.8 Å². The summed E-state index contributed by atoms with van der Waals surface area (Å²) in [6.07, 6.45) is 1.55. The Kier molecular flexibility index (Phi) is 4.48. The Morgan fingerprint density at radius 1 is 1.43 bits per heavy atom. The first-order valence-electron chi connectivity index (χ1n) is 6.90. The molecule has 8 heteroatoms. The number of sulfonamides is 1. The lowest BCUT2D eigenvalue weighted by atomic mass is 10.2. The lowest BCUT2D eigenvalue weighted by Gasteiger charge is -2.10. The molecule has 1 aromatic carbocycles. The van der Waals surface area contributed by atoms with Crippen molar-refractivity contribution < 1.29 is 13.3 Å². The van der Waals surface area contributed by atoms with Crippen LogP contribution in [0.2, 0.25) is 0 Å². The molecule has 0 amide bonds. The predicted octanol–water partition coefficient (Wildman–Crippen LogP) is 2.10. The second kappa shape index (κ2) is 5.98. The number of nitro groups is 1. The number of para-hydroxylation sites is 1. The van der Waals surface area contributed by atoms with E-state index in [0.29, 0.717) is 6.54 Å². The fraction of sp³-hybridized carbons (Fsp3) is 0.538. The van der Waals surface area contributed by atoms with Gasteiger partial charge in [0.05, 0.1) is 4.92 Å². The van der Waals surface area contributed by atoms with Crippen molar-refractivity contribution in [2.24, 2.45) is 5.92 Å². The summed E-state index contributed by atoms with van der Waals surface area (Å²) in [6, 6.07) is 4.18. The molecule has 0 spiro atoms. The topological polar surface area (TPSA) is 101 Å². The smallest absolute Gasteiger partial charge is 0.312 e. The maximum Gasteiger partial charge on any atom is 0.312 e. The summed E-state index contributed by atoms with van der Waals surface area (Å²) in [7, 11) is -3.88. The fourth-order valence-corrected chi connectivity index (χ4v) is 3.63. The molecule has 21 heavy (non-hydrogen) atoms. The normalized spacial score (nSPS) is 21.0. The third-order valence-electron chi connectivity index (χ3n) is 3.45. The first-order chi connectivity index (χ1) is 9.86. The van der Waals surface area contributed by atoms with E-state index >= 15 is 0 Å². The zero-order valence-corrected chi connectivity index (χ0v) is 12.8. The van der Waals surface area contributed by atoms with E-state index < -0.39 is 20.6 Å². The van der Waals surface area contributed by atoms with E-state index in [9.17, 15) is 18.5 Å². The van der Waals surface area contributed by atoms with Crippen LogP contribution in [-0.4, -0.2) is 25.9 Å². The van der Waals surface area contributed by atoms with Gasteiger partial charge >= 0.3 is 5.69 Å². The van der Waals surface area contributed by atoms with Gasteiger partial charge in [0.1, 0.15) is 5.69 Å². The monoisotopic (exact) mass is 313 g/mol. The highest BCUT2D eigenvalue weighted by Crippen LogP contribution is 2.35. The van der Waals surface area contributed by atoms with Gasteiger partial charge in [0.15, 0.2) is 4.90 Å². The zero-order valence-electron chi connectivity index (χ0n) is 12.0. The van der Waals surface area contributed by atoms with E-state index in [1.54, 1.807) is 0 Å². The van der Waals surface area contributed by atoms with Gasteiger partial charge in [0, 0.05) is 12.6 Å². The van der Waals surface area contributed by atoms with E-state index in [0.717, 1.165) is 12.8 Å². The third kappa shape index (κ3) is 3.51. The highest BCUT2D eigenvalue weighted by molar-refractivity contribution is 7.89. The number of hydrogen-bond donors (Lipinski definition) is 2. The van der Waals surface area contributed by atoms with Gasteiger partial charge in [0.2, 0.25) is 10.0 Å². The summed E-state index contributed by atoms with van der Waals surface area (Å²) >= 11 is 0. The molecule has 0 aliphatic heterocycles. The molecule has 1 fully saturated rings. The molecule has 0 heterocycles. The van der Waals surface area contributed by atoms with Crippen LogP contribution in [0.15, 0.2) is 23.1 Å². The summed E-state index contributed by atoms with van der Waals surface area (Å²) < 4.78 is 27.2. The molecule has 0 radical (unpaired) electrons. The Bertz CT molecular complexity index is 645. The number of nitrogens with zero attached hydrogens (tertiary/aromatic N) is 1. The van der Waals surface area contributed by atoms with Crippen LogP contribution in [0.1, 0.15) is 26.7 Å². The predicted molar refractivity (Wildman–Crippen MR) is 79.8 cm³/mol. The van der Waals surface area contributed by atoms with Crippen LogP contribution in [-0.2, 0) is 10.0 Å². The minimum absolute atomic E-state index is 0.123. The Labute approximate surface area is 123 Å². The summed E-state index contributed by atoms with van der Waals surface area (Å²) in [5, 5.41) is 14.2. The summed E-state index contributed by atoms with van der Waals surface area (Å²) in [6.45, 7) is 4.40. The molecule has 7 nitrogen and oxygen atoms in total. The average Bonchev–Trinajstić information content (AvgIpc) is 3.10. The van der Waals surface area contributed by atoms with Gasteiger partial charge < -0.3 is 5.32 Å². The van der Waals surface area contributed by atoms with Crippen LogP contribution in [0.25, 0.3) is 0 Å². The van der Waals surface area contributed by atoms with E-state index in [1.165, 1.54) is 18.2 Å². The highest BCUT2D eigenvalue weighted by Gasteiger charge is 2.39. The summed E-state index contributed by atoms with van der Waals surface area (Å²) in [5.74, 6) is 0.278. The molecule has 116 valence electrons. The van der Waals surface area contributed by atoms with Crippen molar-refractivity contribution in [2.45, 2.75) is 37.6 Å². The molecule has 1 saturated carbocycles. The maximum atomic E-state index is 12.3. The molecule has 1 aromatic rings. The molecule has 1 aliphatic carbocycles. The van der Waals surface area contributed by atoms with Crippen LogP contribution in [0, 0.1) is 16.0 Å². The molecular weight excluding hydrogens is 294 g/mol. The Morgan fingerprint density at radius 2 is 2.10 bits per heavy atom. The van der Waals surface area contributed by atoms with Crippen LogP contribution in [0.4, 0.5) is 11.4 Å². The Balaban J connectivity index is 2.40. The van der Waals surface area contributed by atoms with Crippen LogP contribution < -0.4 is 10.0 Å². The van der Waals surface area contributed by atoms with Crippen molar-refractivity contribution in [3.8, 4) is 0 Å².